The molecule has 0 heterocycles. The number of hydrogen-bond donors (Lipinski definition) is 1. The highest BCUT2D eigenvalue weighted by Crippen LogP contribution is 2.35. The van der Waals surface area contributed by atoms with Gasteiger partial charge in [0, 0.05) is 11.0 Å². The molecule has 2 rings (SSSR count). The number of hydrogen-bond acceptors (Lipinski definition) is 2. The van der Waals surface area contributed by atoms with Crippen LogP contribution in [0.5, 0.6) is 0 Å². The maximum atomic E-state index is 6.40. The van der Waals surface area contributed by atoms with Crippen LogP contribution in [-0.2, 0) is 11.3 Å². The van der Waals surface area contributed by atoms with E-state index in [4.69, 9.17) is 4.74 Å². The molecular formula is C17H26BrNO. The number of nitrogens with one attached hydrogen (secondary N) is 1. The first-order valence-electron chi connectivity index (χ1n) is 7.73. The van der Waals surface area contributed by atoms with Crippen LogP contribution in [0.2, 0.25) is 0 Å². The Morgan fingerprint density at radius 3 is 3.00 bits per heavy atom. The second-order valence-electron chi connectivity index (χ2n) is 6.08. The molecule has 0 saturated heterocycles. The zero-order chi connectivity index (χ0) is 14.4. The molecule has 0 bridgehead atoms. The molecule has 1 aliphatic rings. The normalized spacial score (nSPS) is 26.6. The van der Waals surface area contributed by atoms with E-state index in [1.54, 1.807) is 0 Å². The smallest absolute Gasteiger partial charge is 0.0813 e. The van der Waals surface area contributed by atoms with Crippen LogP contribution in [0.15, 0.2) is 28.7 Å². The molecule has 1 fully saturated rings. The first kappa shape index (κ1) is 16.0. The van der Waals surface area contributed by atoms with Gasteiger partial charge in [-0.25, -0.2) is 0 Å². The van der Waals surface area contributed by atoms with Crippen LogP contribution in [0, 0.1) is 5.92 Å². The minimum absolute atomic E-state index is 0.0238. The molecule has 0 aliphatic heterocycles. The van der Waals surface area contributed by atoms with Gasteiger partial charge < -0.3 is 10.1 Å². The van der Waals surface area contributed by atoms with Crippen LogP contribution >= 0.6 is 15.9 Å². The second-order valence-corrected chi connectivity index (χ2v) is 7.00. The molecule has 2 atom stereocenters. The zero-order valence-electron chi connectivity index (χ0n) is 12.6. The van der Waals surface area contributed by atoms with Gasteiger partial charge in [0.1, 0.15) is 0 Å². The fourth-order valence-corrected chi connectivity index (χ4v) is 3.62. The van der Waals surface area contributed by atoms with Gasteiger partial charge in [-0.2, -0.15) is 0 Å². The Balaban J connectivity index is 2.00. The van der Waals surface area contributed by atoms with Gasteiger partial charge in [0.25, 0.3) is 0 Å². The van der Waals surface area contributed by atoms with Crippen molar-refractivity contribution in [3.8, 4) is 0 Å². The minimum atomic E-state index is 0.0238. The van der Waals surface area contributed by atoms with Crippen LogP contribution in [0.1, 0.15) is 45.1 Å². The fraction of sp³-hybridized carbons (Fsp3) is 0.647. The van der Waals surface area contributed by atoms with Crippen molar-refractivity contribution < 1.29 is 4.74 Å². The summed E-state index contributed by atoms with van der Waals surface area (Å²) in [6.45, 7) is 7.20. The third-order valence-corrected chi connectivity index (χ3v) is 4.67. The average Bonchev–Trinajstić information content (AvgIpc) is 2.43. The predicted molar refractivity (Wildman–Crippen MR) is 87.8 cm³/mol. The number of halogens is 1. The molecule has 0 amide bonds. The summed E-state index contributed by atoms with van der Waals surface area (Å²) in [7, 11) is 0. The van der Waals surface area contributed by atoms with E-state index >= 15 is 0 Å². The summed E-state index contributed by atoms with van der Waals surface area (Å²) < 4.78 is 7.52. The van der Waals surface area contributed by atoms with Crippen molar-refractivity contribution >= 4 is 15.9 Å². The monoisotopic (exact) mass is 339 g/mol. The molecule has 0 aromatic heterocycles. The Morgan fingerprint density at radius 1 is 1.45 bits per heavy atom. The summed E-state index contributed by atoms with van der Waals surface area (Å²) in [6.07, 6.45) is 4.98. The van der Waals surface area contributed by atoms with E-state index in [2.05, 4.69) is 59.4 Å². The standard InChI is InChI=1S/C17H26BrNO/c1-3-19-13-17(9-5-6-14(2)11-17)20-12-15-7-4-8-16(18)10-15/h4,7-8,10,14,19H,3,5-6,9,11-13H2,1-2H3. The van der Waals surface area contributed by atoms with Crippen LogP contribution in [0.3, 0.4) is 0 Å². The first-order valence-corrected chi connectivity index (χ1v) is 8.52. The van der Waals surface area contributed by atoms with Crippen LogP contribution < -0.4 is 5.32 Å². The van der Waals surface area contributed by atoms with Crippen LogP contribution in [0.25, 0.3) is 0 Å². The van der Waals surface area contributed by atoms with Gasteiger partial charge in [0.05, 0.1) is 12.2 Å². The quantitative estimate of drug-likeness (QED) is 0.822. The van der Waals surface area contributed by atoms with Crippen molar-refractivity contribution in [3.63, 3.8) is 0 Å². The minimum Gasteiger partial charge on any atom is -0.369 e. The zero-order valence-corrected chi connectivity index (χ0v) is 14.2. The fourth-order valence-electron chi connectivity index (χ4n) is 3.17. The van der Waals surface area contributed by atoms with E-state index in [1.165, 1.54) is 31.2 Å². The number of ether oxygens (including phenoxy) is 1. The second kappa shape index (κ2) is 7.58. The molecular weight excluding hydrogens is 314 g/mol. The van der Waals surface area contributed by atoms with E-state index in [0.29, 0.717) is 6.61 Å². The largest absolute Gasteiger partial charge is 0.369 e. The van der Waals surface area contributed by atoms with Gasteiger partial charge in [0.2, 0.25) is 0 Å². The Hall–Kier alpha value is -0.380. The highest BCUT2D eigenvalue weighted by Gasteiger charge is 2.35. The predicted octanol–water partition coefficient (Wildman–Crippen LogP) is 4.52. The van der Waals surface area contributed by atoms with Crippen molar-refractivity contribution in [2.45, 2.75) is 51.7 Å². The highest BCUT2D eigenvalue weighted by atomic mass is 79.9. The molecule has 1 aliphatic carbocycles. The summed E-state index contributed by atoms with van der Waals surface area (Å²) in [4.78, 5) is 0. The Labute approximate surface area is 131 Å². The highest BCUT2D eigenvalue weighted by molar-refractivity contribution is 9.10. The molecule has 3 heteroatoms. The Morgan fingerprint density at radius 2 is 2.30 bits per heavy atom. The molecule has 1 N–H and O–H groups in total. The summed E-state index contributed by atoms with van der Waals surface area (Å²) in [5.41, 5.74) is 1.27. The van der Waals surface area contributed by atoms with Crippen molar-refractivity contribution in [2.24, 2.45) is 5.92 Å². The van der Waals surface area contributed by atoms with Gasteiger partial charge >= 0.3 is 0 Å². The lowest BCUT2D eigenvalue weighted by molar-refractivity contribution is -0.0887. The number of rotatable bonds is 6. The van der Waals surface area contributed by atoms with Crippen LogP contribution in [-0.4, -0.2) is 18.7 Å². The van der Waals surface area contributed by atoms with Gasteiger partial charge in [0.15, 0.2) is 0 Å². The van der Waals surface area contributed by atoms with Crippen molar-refractivity contribution in [3.05, 3.63) is 34.3 Å². The Kier molecular flexibility index (Phi) is 6.06. The maximum absolute atomic E-state index is 6.40. The SMILES string of the molecule is CCNCC1(OCc2cccc(Br)c2)CCCC(C)C1. The Bertz CT molecular complexity index is 423. The van der Waals surface area contributed by atoms with E-state index < -0.39 is 0 Å². The van der Waals surface area contributed by atoms with Crippen molar-refractivity contribution in [1.82, 2.24) is 5.32 Å². The lowest BCUT2D eigenvalue weighted by Gasteiger charge is -2.40. The average molecular weight is 340 g/mol. The number of likely N-dealkylation sites (N-methyl/N-ethyl adjacent to an activating group) is 1. The molecule has 2 nitrogen and oxygen atoms in total. The van der Waals surface area contributed by atoms with Gasteiger partial charge in [-0.1, -0.05) is 54.8 Å². The molecule has 20 heavy (non-hydrogen) atoms. The third kappa shape index (κ3) is 4.57. The molecule has 1 aromatic rings. The molecule has 0 radical (unpaired) electrons. The first-order chi connectivity index (χ1) is 9.63. The summed E-state index contributed by atoms with van der Waals surface area (Å²) in [5, 5.41) is 3.49. The molecule has 112 valence electrons. The van der Waals surface area contributed by atoms with Crippen molar-refractivity contribution in [2.75, 3.05) is 13.1 Å². The van der Waals surface area contributed by atoms with E-state index in [-0.39, 0.29) is 5.60 Å². The molecule has 2 unspecified atom stereocenters. The van der Waals surface area contributed by atoms with Gasteiger partial charge in [-0.15, -0.1) is 0 Å². The number of benzene rings is 1. The van der Waals surface area contributed by atoms with Crippen molar-refractivity contribution in [1.29, 1.82) is 0 Å². The summed E-state index contributed by atoms with van der Waals surface area (Å²) >= 11 is 3.53. The van der Waals surface area contributed by atoms with E-state index in [0.717, 1.165) is 23.5 Å². The summed E-state index contributed by atoms with van der Waals surface area (Å²) in [6, 6.07) is 8.41. The molecule has 1 aromatic carbocycles. The summed E-state index contributed by atoms with van der Waals surface area (Å²) in [5.74, 6) is 0.768. The van der Waals surface area contributed by atoms with Gasteiger partial charge in [-0.3, -0.25) is 0 Å². The van der Waals surface area contributed by atoms with Gasteiger partial charge in [-0.05, 0) is 43.0 Å². The maximum Gasteiger partial charge on any atom is 0.0813 e. The van der Waals surface area contributed by atoms with Crippen LogP contribution in [0.4, 0.5) is 0 Å². The lowest BCUT2D eigenvalue weighted by atomic mass is 9.78. The topological polar surface area (TPSA) is 21.3 Å². The lowest BCUT2D eigenvalue weighted by Crippen LogP contribution is -2.46. The molecule has 1 saturated carbocycles. The third-order valence-electron chi connectivity index (χ3n) is 4.18. The van der Waals surface area contributed by atoms with E-state index in [9.17, 15) is 0 Å². The molecule has 0 spiro atoms. The van der Waals surface area contributed by atoms with E-state index in [1.807, 2.05) is 0 Å².